The number of phenols is 2. The highest BCUT2D eigenvalue weighted by Gasteiger charge is 2.55. The first-order valence-electron chi connectivity index (χ1n) is 10.0. The van der Waals surface area contributed by atoms with Gasteiger partial charge in [0, 0.05) is 25.6 Å². The lowest BCUT2D eigenvalue weighted by molar-refractivity contribution is 0.0230. The maximum absolute atomic E-state index is 13.2. The van der Waals surface area contributed by atoms with Crippen LogP contribution >= 0.6 is 31.9 Å². The minimum absolute atomic E-state index is 0.0636. The van der Waals surface area contributed by atoms with E-state index >= 15 is 0 Å². The summed E-state index contributed by atoms with van der Waals surface area (Å²) in [6, 6.07) is 7.87. The Kier molecular flexibility index (Phi) is 5.57. The minimum Gasteiger partial charge on any atom is -0.507 e. The number of ether oxygens (including phenoxy) is 1. The molecule has 6 nitrogen and oxygen atoms in total. The van der Waals surface area contributed by atoms with Crippen LogP contribution in [0.15, 0.2) is 39.3 Å². The minimum atomic E-state index is -1.89. The number of hydrogen-bond acceptors (Lipinski definition) is 5. The van der Waals surface area contributed by atoms with E-state index in [9.17, 15) is 24.9 Å². The molecule has 1 aliphatic heterocycles. The van der Waals surface area contributed by atoms with E-state index in [0.29, 0.717) is 31.2 Å². The average molecular weight is 576 g/mol. The summed E-state index contributed by atoms with van der Waals surface area (Å²) in [4.78, 5) is 25.4. The van der Waals surface area contributed by atoms with Crippen LogP contribution in [0, 0.1) is 27.7 Å². The lowest BCUT2D eigenvalue weighted by Crippen LogP contribution is -2.33. The summed E-state index contributed by atoms with van der Waals surface area (Å²) in [7, 11) is 0. The molecule has 0 spiro atoms. The molecular weight excluding hydrogens is 556 g/mol. The van der Waals surface area contributed by atoms with Crippen molar-refractivity contribution >= 4 is 43.8 Å². The highest BCUT2D eigenvalue weighted by atomic mass is 79.9. The highest BCUT2D eigenvalue weighted by Crippen LogP contribution is 2.56. The van der Waals surface area contributed by atoms with Gasteiger partial charge in [-0.3, -0.25) is 0 Å². The number of halogens is 2. The number of carbonyl (C=O) groups excluding carboxylic acids is 1. The molecule has 4 rings (SSSR count). The van der Waals surface area contributed by atoms with E-state index < -0.39 is 17.5 Å². The maximum Gasteiger partial charge on any atom is 0.340 e. The van der Waals surface area contributed by atoms with E-state index in [0.717, 1.165) is 0 Å². The Labute approximate surface area is 207 Å². The molecular formula is C25H20Br2O6. The molecule has 1 heterocycles. The summed E-state index contributed by atoms with van der Waals surface area (Å²) < 4.78 is 7.32. The second-order valence-corrected chi connectivity index (χ2v) is 9.86. The number of esters is 1. The van der Waals surface area contributed by atoms with Gasteiger partial charge in [-0.15, -0.1) is 0 Å². The van der Waals surface area contributed by atoms with Crippen LogP contribution in [0.2, 0.25) is 0 Å². The van der Waals surface area contributed by atoms with Crippen LogP contribution in [0.25, 0.3) is 0 Å². The SMILES string of the molecule is Cc1cc(Br)c(C)c(O)c1C1(c2c(C)cc(Br)c(C)c2O)OC(=O)c2cccc(C(=O)O)c21. The number of benzene rings is 3. The monoisotopic (exact) mass is 574 g/mol. The quantitative estimate of drug-likeness (QED) is 0.330. The molecule has 3 aromatic rings. The Hall–Kier alpha value is -2.84. The van der Waals surface area contributed by atoms with Gasteiger partial charge in [0.2, 0.25) is 0 Å². The van der Waals surface area contributed by atoms with Gasteiger partial charge in [0.15, 0.2) is 5.60 Å². The van der Waals surface area contributed by atoms with Gasteiger partial charge < -0.3 is 20.1 Å². The lowest BCUT2D eigenvalue weighted by Gasteiger charge is -2.35. The summed E-state index contributed by atoms with van der Waals surface area (Å²) in [5.74, 6) is -2.33. The van der Waals surface area contributed by atoms with Crippen molar-refractivity contribution in [1.82, 2.24) is 0 Å². The Balaban J connectivity index is 2.32. The standard InChI is InChI=1S/C25H20Br2O6/c1-10-8-16(26)12(3)21(28)18(10)25(19-11(2)9-17(27)13(4)22(19)29)20-14(23(30)31)6-5-7-15(20)24(32)33-25/h5-9,28-29H,1-4H3,(H,30,31). The number of phenolic OH excluding ortho intramolecular Hbond substituents is 2. The molecule has 170 valence electrons. The fraction of sp³-hybridized carbons (Fsp3) is 0.200. The van der Waals surface area contributed by atoms with E-state index in [2.05, 4.69) is 31.9 Å². The zero-order valence-corrected chi connectivity index (χ0v) is 21.4. The van der Waals surface area contributed by atoms with Crippen molar-refractivity contribution in [2.24, 2.45) is 0 Å². The number of aromatic hydroxyl groups is 2. The number of hydrogen-bond donors (Lipinski definition) is 3. The molecule has 0 unspecified atom stereocenters. The Morgan fingerprint density at radius 2 is 1.36 bits per heavy atom. The Morgan fingerprint density at radius 1 is 0.879 bits per heavy atom. The predicted octanol–water partition coefficient (Wildman–Crippen LogP) is 6.02. The van der Waals surface area contributed by atoms with E-state index in [1.807, 2.05) is 0 Å². The maximum atomic E-state index is 13.2. The van der Waals surface area contributed by atoms with Crippen LogP contribution in [0.1, 0.15) is 59.7 Å². The molecule has 0 amide bonds. The van der Waals surface area contributed by atoms with Gasteiger partial charge in [-0.1, -0.05) is 37.9 Å². The third-order valence-corrected chi connectivity index (χ3v) is 7.84. The number of carboxylic acid groups (broad SMARTS) is 1. The van der Waals surface area contributed by atoms with Crippen LogP contribution in [-0.2, 0) is 10.3 Å². The molecule has 0 bridgehead atoms. The molecule has 1 aliphatic rings. The summed E-state index contributed by atoms with van der Waals surface area (Å²) >= 11 is 6.85. The second-order valence-electron chi connectivity index (χ2n) is 8.15. The van der Waals surface area contributed by atoms with Gasteiger partial charge in [-0.2, -0.15) is 0 Å². The molecule has 8 heteroatoms. The third kappa shape index (κ3) is 3.19. The molecule has 0 saturated carbocycles. The van der Waals surface area contributed by atoms with Crippen LogP contribution in [0.5, 0.6) is 11.5 Å². The van der Waals surface area contributed by atoms with Gasteiger partial charge in [-0.25, -0.2) is 9.59 Å². The summed E-state index contributed by atoms with van der Waals surface area (Å²) in [6.07, 6.45) is 0. The number of cyclic esters (lactones) is 1. The van der Waals surface area contributed by atoms with Gasteiger partial charge >= 0.3 is 11.9 Å². The van der Waals surface area contributed by atoms with Crippen molar-refractivity contribution in [1.29, 1.82) is 0 Å². The van der Waals surface area contributed by atoms with E-state index in [1.54, 1.807) is 39.8 Å². The highest BCUT2D eigenvalue weighted by molar-refractivity contribution is 9.10. The fourth-order valence-corrected chi connectivity index (χ4v) is 5.67. The molecule has 0 fully saturated rings. The van der Waals surface area contributed by atoms with Crippen LogP contribution < -0.4 is 0 Å². The van der Waals surface area contributed by atoms with Crippen molar-refractivity contribution < 1.29 is 29.6 Å². The number of aromatic carboxylic acids is 1. The summed E-state index contributed by atoms with van der Waals surface area (Å²) in [5.41, 5.74) is 0.550. The fourth-order valence-electron chi connectivity index (χ4n) is 4.61. The number of aryl methyl sites for hydroxylation is 2. The zero-order valence-electron chi connectivity index (χ0n) is 18.2. The molecule has 0 aromatic heterocycles. The normalized spacial score (nSPS) is 14.2. The van der Waals surface area contributed by atoms with E-state index in [1.165, 1.54) is 18.2 Å². The molecule has 0 atom stereocenters. The van der Waals surface area contributed by atoms with Crippen LogP contribution in [0.4, 0.5) is 0 Å². The second kappa shape index (κ2) is 7.88. The largest absolute Gasteiger partial charge is 0.507 e. The van der Waals surface area contributed by atoms with E-state index in [-0.39, 0.29) is 39.3 Å². The van der Waals surface area contributed by atoms with Gasteiger partial charge in [-0.05, 0) is 63.1 Å². The van der Waals surface area contributed by atoms with Crippen molar-refractivity contribution in [3.63, 3.8) is 0 Å². The molecule has 33 heavy (non-hydrogen) atoms. The first kappa shape index (κ1) is 23.3. The van der Waals surface area contributed by atoms with Gasteiger partial charge in [0.25, 0.3) is 0 Å². The molecule has 3 aromatic carbocycles. The van der Waals surface area contributed by atoms with Crippen molar-refractivity contribution in [3.05, 3.63) is 89.3 Å². The zero-order chi connectivity index (χ0) is 24.4. The first-order chi connectivity index (χ1) is 15.4. The lowest BCUT2D eigenvalue weighted by atomic mass is 9.73. The van der Waals surface area contributed by atoms with Gasteiger partial charge in [0.1, 0.15) is 11.5 Å². The van der Waals surface area contributed by atoms with Crippen molar-refractivity contribution in [2.75, 3.05) is 0 Å². The first-order valence-corrected chi connectivity index (χ1v) is 11.6. The average Bonchev–Trinajstić information content (AvgIpc) is 3.03. The third-order valence-electron chi connectivity index (χ3n) is 6.19. The molecule has 0 aliphatic carbocycles. The Morgan fingerprint density at radius 3 is 1.82 bits per heavy atom. The summed E-state index contributed by atoms with van der Waals surface area (Å²) in [5, 5.41) is 32.7. The summed E-state index contributed by atoms with van der Waals surface area (Å²) in [6.45, 7) is 6.84. The van der Waals surface area contributed by atoms with Crippen LogP contribution in [0.3, 0.4) is 0 Å². The molecule has 0 radical (unpaired) electrons. The van der Waals surface area contributed by atoms with E-state index in [4.69, 9.17) is 4.74 Å². The molecule has 0 saturated heterocycles. The number of fused-ring (bicyclic) bond motifs is 1. The predicted molar refractivity (Wildman–Crippen MR) is 129 cm³/mol. The van der Waals surface area contributed by atoms with Crippen LogP contribution in [-0.4, -0.2) is 27.3 Å². The number of carboxylic acids is 1. The number of rotatable bonds is 3. The Bertz CT molecular complexity index is 1310. The van der Waals surface area contributed by atoms with Gasteiger partial charge in [0.05, 0.1) is 22.3 Å². The molecule has 3 N–H and O–H groups in total. The number of carbonyl (C=O) groups is 2. The topological polar surface area (TPSA) is 104 Å². The van der Waals surface area contributed by atoms with Crippen molar-refractivity contribution in [3.8, 4) is 11.5 Å². The smallest absolute Gasteiger partial charge is 0.340 e. The van der Waals surface area contributed by atoms with Crippen molar-refractivity contribution in [2.45, 2.75) is 33.3 Å².